The van der Waals surface area contributed by atoms with Gasteiger partial charge in [0.1, 0.15) is 5.60 Å². The first kappa shape index (κ1) is 20.3. The summed E-state index contributed by atoms with van der Waals surface area (Å²) < 4.78 is 31.9. The van der Waals surface area contributed by atoms with E-state index in [0.29, 0.717) is 15.6 Å². The zero-order chi connectivity index (χ0) is 18.8. The Hall–Kier alpha value is -1.02. The highest BCUT2D eigenvalue weighted by atomic mass is 35.5. The molecule has 6 nitrogen and oxygen atoms in total. The van der Waals surface area contributed by atoms with Crippen molar-refractivity contribution in [3.05, 3.63) is 33.8 Å². The number of nitrogens with zero attached hydrogens (tertiary/aromatic N) is 2. The van der Waals surface area contributed by atoms with Gasteiger partial charge in [0.05, 0.1) is 5.75 Å². The Kier molecular flexibility index (Phi) is 6.25. The van der Waals surface area contributed by atoms with E-state index in [1.165, 1.54) is 9.21 Å². The molecule has 1 aliphatic heterocycles. The number of sulfonamides is 1. The second-order valence-corrected chi connectivity index (χ2v) is 9.61. The predicted molar refractivity (Wildman–Crippen MR) is 98.5 cm³/mol. The van der Waals surface area contributed by atoms with E-state index in [1.807, 2.05) is 0 Å². The Morgan fingerprint density at radius 1 is 1.12 bits per heavy atom. The summed E-state index contributed by atoms with van der Waals surface area (Å²) >= 11 is 12.1. The van der Waals surface area contributed by atoms with E-state index >= 15 is 0 Å². The molecular formula is C16H22Cl2N2O4S. The zero-order valence-electron chi connectivity index (χ0n) is 14.5. The summed E-state index contributed by atoms with van der Waals surface area (Å²) in [6.07, 6.45) is -0.432. The summed E-state index contributed by atoms with van der Waals surface area (Å²) in [6.45, 7) is 6.36. The second-order valence-electron chi connectivity index (χ2n) is 6.82. The van der Waals surface area contributed by atoms with E-state index < -0.39 is 21.7 Å². The molecule has 0 N–H and O–H groups in total. The molecule has 1 fully saturated rings. The highest BCUT2D eigenvalue weighted by molar-refractivity contribution is 7.88. The minimum absolute atomic E-state index is 0.212. The number of carbonyl (C=O) groups is 1. The van der Waals surface area contributed by atoms with Crippen LogP contribution in [0.4, 0.5) is 4.79 Å². The quantitative estimate of drug-likeness (QED) is 0.768. The fourth-order valence-electron chi connectivity index (χ4n) is 2.42. The maximum absolute atomic E-state index is 12.6. The number of rotatable bonds is 3. The van der Waals surface area contributed by atoms with Gasteiger partial charge in [-0.05, 0) is 32.9 Å². The van der Waals surface area contributed by atoms with Crippen molar-refractivity contribution in [2.75, 3.05) is 26.2 Å². The second kappa shape index (κ2) is 7.70. The van der Waals surface area contributed by atoms with Crippen LogP contribution >= 0.6 is 23.2 Å². The van der Waals surface area contributed by atoms with Crippen molar-refractivity contribution in [2.45, 2.75) is 32.1 Å². The van der Waals surface area contributed by atoms with Gasteiger partial charge >= 0.3 is 6.09 Å². The van der Waals surface area contributed by atoms with E-state index in [1.54, 1.807) is 39.0 Å². The van der Waals surface area contributed by atoms with Gasteiger partial charge in [0, 0.05) is 41.8 Å². The molecule has 0 radical (unpaired) electrons. The SMILES string of the molecule is CC(C)(C)OC(=O)N1CCN(S(=O)(=O)Cc2c(Cl)cccc2Cl)CC1. The van der Waals surface area contributed by atoms with Gasteiger partial charge < -0.3 is 9.64 Å². The molecule has 9 heteroatoms. The summed E-state index contributed by atoms with van der Waals surface area (Å²) in [4.78, 5) is 13.6. The van der Waals surface area contributed by atoms with E-state index in [9.17, 15) is 13.2 Å². The van der Waals surface area contributed by atoms with Gasteiger partial charge in [0.15, 0.2) is 0 Å². The molecule has 25 heavy (non-hydrogen) atoms. The van der Waals surface area contributed by atoms with Crippen molar-refractivity contribution >= 4 is 39.3 Å². The molecule has 1 aromatic carbocycles. The lowest BCUT2D eigenvalue weighted by Gasteiger charge is -2.35. The van der Waals surface area contributed by atoms with Crippen LogP contribution in [0.1, 0.15) is 26.3 Å². The van der Waals surface area contributed by atoms with E-state index in [2.05, 4.69) is 0 Å². The number of ether oxygens (including phenoxy) is 1. The molecule has 2 rings (SSSR count). The number of halogens is 2. The fourth-order valence-corrected chi connectivity index (χ4v) is 4.69. The smallest absolute Gasteiger partial charge is 0.410 e. The molecule has 0 bridgehead atoms. The molecule has 0 unspecified atom stereocenters. The van der Waals surface area contributed by atoms with Gasteiger partial charge in [-0.2, -0.15) is 4.31 Å². The van der Waals surface area contributed by atoms with Gasteiger partial charge in [-0.1, -0.05) is 29.3 Å². The molecule has 1 aliphatic rings. The molecule has 0 aromatic heterocycles. The molecule has 0 spiro atoms. The van der Waals surface area contributed by atoms with E-state index in [0.717, 1.165) is 0 Å². The van der Waals surface area contributed by atoms with E-state index in [-0.39, 0.29) is 31.9 Å². The lowest BCUT2D eigenvalue weighted by atomic mass is 10.2. The van der Waals surface area contributed by atoms with Gasteiger partial charge in [-0.25, -0.2) is 13.2 Å². The van der Waals surface area contributed by atoms with Crippen LogP contribution in [0.3, 0.4) is 0 Å². The fraction of sp³-hybridized carbons (Fsp3) is 0.562. The first-order valence-electron chi connectivity index (χ1n) is 7.88. The van der Waals surface area contributed by atoms with Crippen LogP contribution in [0, 0.1) is 0 Å². The molecule has 0 saturated carbocycles. The molecule has 1 saturated heterocycles. The average Bonchev–Trinajstić information content (AvgIpc) is 2.49. The topological polar surface area (TPSA) is 66.9 Å². The zero-order valence-corrected chi connectivity index (χ0v) is 16.8. The van der Waals surface area contributed by atoms with Crippen molar-refractivity contribution in [1.82, 2.24) is 9.21 Å². The monoisotopic (exact) mass is 408 g/mol. The Bertz CT molecular complexity index is 719. The standard InChI is InChI=1S/C16H22Cl2N2O4S/c1-16(2,3)24-15(21)19-7-9-20(10-8-19)25(22,23)11-12-13(17)5-4-6-14(12)18/h4-6H,7-11H2,1-3H3. The van der Waals surface area contributed by atoms with Crippen molar-refractivity contribution in [1.29, 1.82) is 0 Å². The highest BCUT2D eigenvalue weighted by Crippen LogP contribution is 2.27. The molecule has 140 valence electrons. The third kappa shape index (κ3) is 5.48. The minimum Gasteiger partial charge on any atom is -0.444 e. The number of amides is 1. The van der Waals surface area contributed by atoms with E-state index in [4.69, 9.17) is 27.9 Å². The summed E-state index contributed by atoms with van der Waals surface area (Å²) in [5.41, 5.74) is -0.193. The summed E-state index contributed by atoms with van der Waals surface area (Å²) in [6, 6.07) is 4.89. The summed E-state index contributed by atoms with van der Waals surface area (Å²) in [5.74, 6) is -0.266. The maximum Gasteiger partial charge on any atom is 0.410 e. The molecule has 0 aliphatic carbocycles. The average molecular weight is 409 g/mol. The molecule has 1 aromatic rings. The Labute approximate surface area is 158 Å². The molecule has 1 amide bonds. The van der Waals surface area contributed by atoms with Gasteiger partial charge in [0.2, 0.25) is 10.0 Å². The normalized spacial score (nSPS) is 16.8. The Morgan fingerprint density at radius 2 is 1.64 bits per heavy atom. The Balaban J connectivity index is 2.01. The summed E-state index contributed by atoms with van der Waals surface area (Å²) in [5, 5.41) is 0.645. The van der Waals surface area contributed by atoms with Crippen LogP contribution in [0.2, 0.25) is 10.0 Å². The lowest BCUT2D eigenvalue weighted by molar-refractivity contribution is 0.0192. The summed E-state index contributed by atoms with van der Waals surface area (Å²) in [7, 11) is -3.58. The number of piperazine rings is 1. The van der Waals surface area contributed by atoms with Crippen LogP contribution in [-0.2, 0) is 20.5 Å². The molecule has 1 heterocycles. The Morgan fingerprint density at radius 3 is 2.12 bits per heavy atom. The maximum atomic E-state index is 12.6. The predicted octanol–water partition coefficient (Wildman–Crippen LogP) is 3.38. The number of hydrogen-bond acceptors (Lipinski definition) is 4. The van der Waals surface area contributed by atoms with Crippen LogP contribution in [0.25, 0.3) is 0 Å². The van der Waals surface area contributed by atoms with Crippen LogP contribution in [-0.4, -0.2) is 55.5 Å². The van der Waals surface area contributed by atoms with Gasteiger partial charge in [-0.3, -0.25) is 0 Å². The van der Waals surface area contributed by atoms with Crippen molar-refractivity contribution in [2.24, 2.45) is 0 Å². The number of hydrogen-bond donors (Lipinski definition) is 0. The first-order valence-corrected chi connectivity index (χ1v) is 10.2. The molecular weight excluding hydrogens is 387 g/mol. The third-order valence-electron chi connectivity index (χ3n) is 3.67. The number of benzene rings is 1. The van der Waals surface area contributed by atoms with Crippen LogP contribution in [0.5, 0.6) is 0 Å². The van der Waals surface area contributed by atoms with Crippen LogP contribution < -0.4 is 0 Å². The third-order valence-corrected chi connectivity index (χ3v) is 6.19. The lowest BCUT2D eigenvalue weighted by Crippen LogP contribution is -2.51. The largest absolute Gasteiger partial charge is 0.444 e. The van der Waals surface area contributed by atoms with Crippen molar-refractivity contribution < 1.29 is 17.9 Å². The van der Waals surface area contributed by atoms with Gasteiger partial charge in [-0.15, -0.1) is 0 Å². The molecule has 0 atom stereocenters. The number of carbonyl (C=O) groups excluding carboxylic acids is 1. The van der Waals surface area contributed by atoms with Crippen molar-refractivity contribution in [3.63, 3.8) is 0 Å². The van der Waals surface area contributed by atoms with Crippen molar-refractivity contribution in [3.8, 4) is 0 Å². The first-order chi connectivity index (χ1) is 11.5. The highest BCUT2D eigenvalue weighted by Gasteiger charge is 2.31. The van der Waals surface area contributed by atoms with Crippen LogP contribution in [0.15, 0.2) is 18.2 Å². The minimum atomic E-state index is -3.58. The van der Waals surface area contributed by atoms with Gasteiger partial charge in [0.25, 0.3) is 0 Å².